The summed E-state index contributed by atoms with van der Waals surface area (Å²) in [5, 5.41) is 10.4. The van der Waals surface area contributed by atoms with E-state index < -0.39 is 5.60 Å². The predicted molar refractivity (Wildman–Crippen MR) is 85.1 cm³/mol. The molecule has 1 amide bonds. The quantitative estimate of drug-likeness (QED) is 0.914. The summed E-state index contributed by atoms with van der Waals surface area (Å²) in [5.41, 5.74) is 0.135. The van der Waals surface area contributed by atoms with Crippen LogP contribution in [0.3, 0.4) is 0 Å². The number of hydrogen-bond acceptors (Lipinski definition) is 3. The summed E-state index contributed by atoms with van der Waals surface area (Å²) < 4.78 is 6.01. The predicted octanol–water partition coefficient (Wildman–Crippen LogP) is 2.84. The van der Waals surface area contributed by atoms with Gasteiger partial charge in [0.1, 0.15) is 5.60 Å². The maximum absolute atomic E-state index is 12.4. The number of morpholine rings is 1. The SMILES string of the molecule is O=C(C1CC1)N1CCO[C@](CCO)(c2ccc(Cl)c(Cl)c2)C1. The van der Waals surface area contributed by atoms with Gasteiger partial charge in [-0.2, -0.15) is 0 Å². The minimum Gasteiger partial charge on any atom is -0.396 e. The van der Waals surface area contributed by atoms with Gasteiger partial charge in [-0.25, -0.2) is 0 Å². The van der Waals surface area contributed by atoms with Crippen molar-refractivity contribution in [2.75, 3.05) is 26.3 Å². The average molecular weight is 344 g/mol. The number of aliphatic hydroxyl groups excluding tert-OH is 1. The van der Waals surface area contributed by atoms with E-state index >= 15 is 0 Å². The van der Waals surface area contributed by atoms with Crippen LogP contribution in [-0.2, 0) is 15.1 Å². The monoisotopic (exact) mass is 343 g/mol. The molecule has 22 heavy (non-hydrogen) atoms. The fourth-order valence-electron chi connectivity index (χ4n) is 2.99. The summed E-state index contributed by atoms with van der Waals surface area (Å²) in [6, 6.07) is 5.35. The van der Waals surface area contributed by atoms with Crippen LogP contribution in [0.1, 0.15) is 24.8 Å². The molecule has 1 aromatic carbocycles. The number of nitrogens with zero attached hydrogens (tertiary/aromatic N) is 1. The minimum absolute atomic E-state index is 0.0221. The molecule has 0 aromatic heterocycles. The smallest absolute Gasteiger partial charge is 0.225 e. The molecule has 1 saturated carbocycles. The molecule has 0 unspecified atom stereocenters. The van der Waals surface area contributed by atoms with Crippen LogP contribution in [0.2, 0.25) is 10.0 Å². The van der Waals surface area contributed by atoms with Crippen LogP contribution < -0.4 is 0 Å². The van der Waals surface area contributed by atoms with E-state index in [1.54, 1.807) is 12.1 Å². The van der Waals surface area contributed by atoms with Crippen LogP contribution in [0.4, 0.5) is 0 Å². The van der Waals surface area contributed by atoms with Gasteiger partial charge in [0.2, 0.25) is 5.91 Å². The Bertz CT molecular complexity index is 573. The lowest BCUT2D eigenvalue weighted by Gasteiger charge is -2.43. The molecule has 0 radical (unpaired) electrons. The maximum atomic E-state index is 12.4. The van der Waals surface area contributed by atoms with Gasteiger partial charge in [0.25, 0.3) is 0 Å². The van der Waals surface area contributed by atoms with Gasteiger partial charge >= 0.3 is 0 Å². The van der Waals surface area contributed by atoms with Crippen LogP contribution in [0.15, 0.2) is 18.2 Å². The lowest BCUT2D eigenvalue weighted by molar-refractivity contribution is -0.157. The Morgan fingerprint density at radius 1 is 1.36 bits per heavy atom. The third-order valence-corrected chi connectivity index (χ3v) is 5.12. The number of ether oxygens (including phenoxy) is 1. The third kappa shape index (κ3) is 3.11. The standard InChI is InChI=1S/C16H19Cl2NO3/c17-13-4-3-12(9-14(13)18)16(5-7-20)10-19(6-8-22-16)15(21)11-1-2-11/h3-4,9,11,20H,1-2,5-8,10H2/t16-/m0/s1. The van der Waals surface area contributed by atoms with E-state index in [0.717, 1.165) is 18.4 Å². The largest absolute Gasteiger partial charge is 0.396 e. The van der Waals surface area contributed by atoms with E-state index in [0.29, 0.717) is 36.2 Å². The van der Waals surface area contributed by atoms with Crippen molar-refractivity contribution in [1.82, 2.24) is 4.90 Å². The molecule has 1 heterocycles. The summed E-state index contributed by atoms with van der Waals surface area (Å²) in [7, 11) is 0. The summed E-state index contributed by atoms with van der Waals surface area (Å²) in [4.78, 5) is 14.2. The highest BCUT2D eigenvalue weighted by molar-refractivity contribution is 6.42. The van der Waals surface area contributed by atoms with Gasteiger partial charge < -0.3 is 14.7 Å². The molecule has 1 atom stereocenters. The molecule has 1 aliphatic carbocycles. The topological polar surface area (TPSA) is 49.8 Å². The Hall–Kier alpha value is -0.810. The molecule has 0 spiro atoms. The number of carbonyl (C=O) groups excluding carboxylic acids is 1. The lowest BCUT2D eigenvalue weighted by Crippen LogP contribution is -2.52. The number of benzene rings is 1. The van der Waals surface area contributed by atoms with Crippen molar-refractivity contribution in [1.29, 1.82) is 0 Å². The number of rotatable bonds is 4. The molecule has 6 heteroatoms. The van der Waals surface area contributed by atoms with Gasteiger partial charge in [-0.1, -0.05) is 29.3 Å². The van der Waals surface area contributed by atoms with Crippen LogP contribution >= 0.6 is 23.2 Å². The highest BCUT2D eigenvalue weighted by atomic mass is 35.5. The average Bonchev–Trinajstić information content (AvgIpc) is 3.34. The van der Waals surface area contributed by atoms with E-state index in [2.05, 4.69) is 0 Å². The number of amides is 1. The fraction of sp³-hybridized carbons (Fsp3) is 0.562. The molecular weight excluding hydrogens is 325 g/mol. The van der Waals surface area contributed by atoms with Gasteiger partial charge in [0, 0.05) is 25.5 Å². The van der Waals surface area contributed by atoms with Crippen molar-refractivity contribution >= 4 is 29.1 Å². The summed E-state index contributed by atoms with van der Waals surface area (Å²) >= 11 is 12.1. The molecular formula is C16H19Cl2NO3. The van der Waals surface area contributed by atoms with E-state index in [4.69, 9.17) is 27.9 Å². The van der Waals surface area contributed by atoms with Gasteiger partial charge in [0.05, 0.1) is 23.2 Å². The molecule has 1 N–H and O–H groups in total. The number of aliphatic hydroxyl groups is 1. The third-order valence-electron chi connectivity index (χ3n) is 4.39. The minimum atomic E-state index is -0.716. The van der Waals surface area contributed by atoms with Crippen LogP contribution in [-0.4, -0.2) is 42.2 Å². The molecule has 1 aromatic rings. The van der Waals surface area contributed by atoms with Crippen molar-refractivity contribution in [3.05, 3.63) is 33.8 Å². The van der Waals surface area contributed by atoms with Crippen molar-refractivity contribution in [2.24, 2.45) is 5.92 Å². The first-order chi connectivity index (χ1) is 10.6. The van der Waals surface area contributed by atoms with Gasteiger partial charge in [0.15, 0.2) is 0 Å². The summed E-state index contributed by atoms with van der Waals surface area (Å²) in [6.45, 7) is 1.48. The zero-order valence-corrected chi connectivity index (χ0v) is 13.7. The van der Waals surface area contributed by atoms with Crippen LogP contribution in [0.5, 0.6) is 0 Å². The zero-order valence-electron chi connectivity index (χ0n) is 12.2. The molecule has 4 nitrogen and oxygen atoms in total. The highest BCUT2D eigenvalue weighted by Gasteiger charge is 2.43. The Balaban J connectivity index is 1.89. The van der Waals surface area contributed by atoms with E-state index in [-0.39, 0.29) is 18.4 Å². The molecule has 1 saturated heterocycles. The number of carbonyl (C=O) groups is 1. The van der Waals surface area contributed by atoms with Crippen LogP contribution in [0.25, 0.3) is 0 Å². The normalized spacial score (nSPS) is 25.3. The second-order valence-corrected chi connectivity index (χ2v) is 6.79. The van der Waals surface area contributed by atoms with Crippen molar-refractivity contribution in [2.45, 2.75) is 24.9 Å². The van der Waals surface area contributed by atoms with Gasteiger partial charge in [-0.15, -0.1) is 0 Å². The Morgan fingerprint density at radius 2 is 2.14 bits per heavy atom. The van der Waals surface area contributed by atoms with Gasteiger partial charge in [-0.3, -0.25) is 4.79 Å². The number of halogens is 2. The number of hydrogen-bond donors (Lipinski definition) is 1. The molecule has 3 rings (SSSR count). The van der Waals surface area contributed by atoms with Crippen molar-refractivity contribution in [3.63, 3.8) is 0 Å². The van der Waals surface area contributed by atoms with Crippen molar-refractivity contribution in [3.8, 4) is 0 Å². The Kier molecular flexibility index (Phi) is 4.64. The molecule has 2 aliphatic rings. The first-order valence-corrected chi connectivity index (χ1v) is 8.30. The first-order valence-electron chi connectivity index (χ1n) is 7.55. The van der Waals surface area contributed by atoms with E-state index in [1.807, 2.05) is 11.0 Å². The van der Waals surface area contributed by atoms with Gasteiger partial charge in [-0.05, 0) is 30.5 Å². The fourth-order valence-corrected chi connectivity index (χ4v) is 3.29. The first kappa shape index (κ1) is 16.1. The second kappa shape index (κ2) is 6.36. The highest BCUT2D eigenvalue weighted by Crippen LogP contribution is 2.38. The molecule has 0 bridgehead atoms. The summed E-state index contributed by atoms with van der Waals surface area (Å²) in [5.74, 6) is 0.379. The Labute approximate surface area is 140 Å². The molecule has 2 fully saturated rings. The van der Waals surface area contributed by atoms with Crippen molar-refractivity contribution < 1.29 is 14.6 Å². The lowest BCUT2D eigenvalue weighted by atomic mass is 9.88. The Morgan fingerprint density at radius 3 is 2.77 bits per heavy atom. The van der Waals surface area contributed by atoms with Crippen LogP contribution in [0, 0.1) is 5.92 Å². The molecule has 1 aliphatic heterocycles. The van der Waals surface area contributed by atoms with E-state index in [1.165, 1.54) is 0 Å². The molecule has 120 valence electrons. The second-order valence-electron chi connectivity index (χ2n) is 5.98. The maximum Gasteiger partial charge on any atom is 0.225 e. The zero-order chi connectivity index (χ0) is 15.7. The van der Waals surface area contributed by atoms with E-state index in [9.17, 15) is 9.90 Å². The summed E-state index contributed by atoms with van der Waals surface area (Å²) in [6.07, 6.45) is 2.38.